The molecule has 1 amide bonds. The van der Waals surface area contributed by atoms with Gasteiger partial charge in [0.2, 0.25) is 0 Å². The van der Waals surface area contributed by atoms with Crippen molar-refractivity contribution in [2.45, 2.75) is 38.7 Å². The van der Waals surface area contributed by atoms with Gasteiger partial charge < -0.3 is 9.64 Å². The Morgan fingerprint density at radius 2 is 1.60 bits per heavy atom. The Balaban J connectivity index is 2.07. The fourth-order valence-electron chi connectivity index (χ4n) is 4.02. The highest BCUT2D eigenvalue weighted by atomic mass is 19.4. The molecule has 0 saturated carbocycles. The van der Waals surface area contributed by atoms with Crippen LogP contribution in [0.5, 0.6) is 0 Å². The minimum absolute atomic E-state index is 0.00565. The normalized spacial score (nSPS) is 12.4. The number of aromatic nitrogens is 1. The van der Waals surface area contributed by atoms with Crippen molar-refractivity contribution in [3.63, 3.8) is 0 Å². The van der Waals surface area contributed by atoms with Gasteiger partial charge in [0.05, 0.1) is 35.1 Å². The molecule has 3 rings (SSSR count). The molecule has 0 saturated heterocycles. The Labute approximate surface area is 225 Å². The first kappa shape index (κ1) is 30.1. The van der Waals surface area contributed by atoms with E-state index in [9.17, 15) is 41.2 Å². The molecule has 0 radical (unpaired) electrons. The van der Waals surface area contributed by atoms with Crippen LogP contribution in [0.3, 0.4) is 0 Å². The van der Waals surface area contributed by atoms with E-state index in [1.54, 1.807) is 38.1 Å². The summed E-state index contributed by atoms with van der Waals surface area (Å²) in [7, 11) is 1.22. The number of hydrogen-bond acceptors (Lipinski definition) is 5. The maximum absolute atomic E-state index is 13.5. The molecule has 1 atom stereocenters. The van der Waals surface area contributed by atoms with E-state index in [0.29, 0.717) is 23.3 Å². The number of pyridine rings is 1. The summed E-state index contributed by atoms with van der Waals surface area (Å²) in [6.07, 6.45) is -8.95. The summed E-state index contributed by atoms with van der Waals surface area (Å²) in [5.41, 5.74) is -1.88. The van der Waals surface area contributed by atoms with E-state index in [4.69, 9.17) is 4.74 Å². The van der Waals surface area contributed by atoms with Crippen molar-refractivity contribution in [2.75, 3.05) is 13.7 Å². The van der Waals surface area contributed by atoms with Gasteiger partial charge >= 0.3 is 18.3 Å². The van der Waals surface area contributed by atoms with Gasteiger partial charge in [0.15, 0.2) is 5.92 Å². The number of nitriles is 1. The van der Waals surface area contributed by atoms with Crippen molar-refractivity contribution >= 4 is 11.9 Å². The molecule has 0 fully saturated rings. The summed E-state index contributed by atoms with van der Waals surface area (Å²) in [4.78, 5) is 30.8. The molecule has 0 N–H and O–H groups in total. The van der Waals surface area contributed by atoms with E-state index < -0.39 is 47.8 Å². The number of carbonyl (C=O) groups excluding carboxylic acids is 2. The van der Waals surface area contributed by atoms with Gasteiger partial charge in [-0.3, -0.25) is 14.6 Å². The molecular weight excluding hydrogens is 540 g/mol. The predicted octanol–water partition coefficient (Wildman–Crippen LogP) is 6.54. The lowest BCUT2D eigenvalue weighted by atomic mass is 9.93. The van der Waals surface area contributed by atoms with Crippen LogP contribution in [0.1, 0.15) is 51.1 Å². The number of carbonyl (C=O) groups is 2. The Morgan fingerprint density at radius 3 is 2.12 bits per heavy atom. The van der Waals surface area contributed by atoms with E-state index >= 15 is 0 Å². The second-order valence-corrected chi connectivity index (χ2v) is 8.86. The first-order valence-corrected chi connectivity index (χ1v) is 11.8. The summed E-state index contributed by atoms with van der Waals surface area (Å²) in [6.45, 7) is 2.76. The number of nitrogens with zero attached hydrogens (tertiary/aromatic N) is 3. The van der Waals surface area contributed by atoms with Gasteiger partial charge in [-0.05, 0) is 60.4 Å². The Morgan fingerprint density at radius 1 is 1.00 bits per heavy atom. The molecule has 3 aromatic rings. The number of aryl methyl sites for hydroxylation is 1. The average molecular weight is 563 g/mol. The van der Waals surface area contributed by atoms with E-state index in [-0.39, 0.29) is 35.1 Å². The van der Waals surface area contributed by atoms with E-state index in [0.717, 1.165) is 11.1 Å². The van der Waals surface area contributed by atoms with Crippen LogP contribution < -0.4 is 0 Å². The van der Waals surface area contributed by atoms with Crippen molar-refractivity contribution in [1.29, 1.82) is 5.26 Å². The van der Waals surface area contributed by atoms with Crippen LogP contribution in [-0.4, -0.2) is 35.4 Å². The highest BCUT2D eigenvalue weighted by Crippen LogP contribution is 2.37. The lowest BCUT2D eigenvalue weighted by Crippen LogP contribution is -2.28. The maximum atomic E-state index is 13.5. The maximum Gasteiger partial charge on any atom is 0.416 e. The molecule has 0 aliphatic carbocycles. The van der Waals surface area contributed by atoms with Gasteiger partial charge in [0.1, 0.15) is 0 Å². The second-order valence-electron chi connectivity index (χ2n) is 8.86. The highest BCUT2D eigenvalue weighted by molar-refractivity contribution is 6.01. The van der Waals surface area contributed by atoms with Crippen LogP contribution in [-0.2, 0) is 28.4 Å². The van der Waals surface area contributed by atoms with Crippen LogP contribution in [0.25, 0.3) is 11.1 Å². The number of rotatable bonds is 7. The van der Waals surface area contributed by atoms with Crippen molar-refractivity contribution in [1.82, 2.24) is 9.88 Å². The Bertz CT molecular complexity index is 1430. The molecule has 1 heterocycles. The topological polar surface area (TPSA) is 83.3 Å². The van der Waals surface area contributed by atoms with E-state index in [2.05, 4.69) is 4.98 Å². The molecule has 0 bridgehead atoms. The number of esters is 1. The zero-order valence-electron chi connectivity index (χ0n) is 21.5. The van der Waals surface area contributed by atoms with Gasteiger partial charge in [-0.25, -0.2) is 0 Å². The monoisotopic (exact) mass is 563 g/mol. The molecule has 6 nitrogen and oxygen atoms in total. The SMILES string of the molecule is CCOC(=O)C(C#N)c1cc(-c2ccccc2C)c(C(=O)N(C)Cc2cc(C(F)(F)F)cc(C(F)(F)F)c2)cn1. The number of ether oxygens (including phenoxy) is 1. The van der Waals surface area contributed by atoms with Crippen LogP contribution in [0.4, 0.5) is 26.3 Å². The molecule has 1 aromatic heterocycles. The molecule has 0 aliphatic rings. The summed E-state index contributed by atoms with van der Waals surface area (Å²) >= 11 is 0. The van der Waals surface area contributed by atoms with E-state index in [1.807, 2.05) is 6.07 Å². The standard InChI is InChI=1S/C28H23F6N3O3/c1-4-40-26(39)22(13-35)24-12-21(20-8-6-5-7-16(20)2)23(14-36-24)25(38)37(3)15-17-9-18(27(29,30)31)11-19(10-17)28(32,33)34/h5-12,14,22H,4,15H2,1-3H3. The van der Waals surface area contributed by atoms with Gasteiger partial charge in [-0.1, -0.05) is 24.3 Å². The second kappa shape index (κ2) is 11.8. The molecule has 210 valence electrons. The Hall–Kier alpha value is -4.40. The number of benzene rings is 2. The molecule has 40 heavy (non-hydrogen) atoms. The minimum atomic E-state index is -5.04. The van der Waals surface area contributed by atoms with Gasteiger partial charge in [-0.2, -0.15) is 31.6 Å². The predicted molar refractivity (Wildman–Crippen MR) is 132 cm³/mol. The van der Waals surface area contributed by atoms with Gasteiger partial charge in [0, 0.05) is 19.8 Å². The summed E-state index contributed by atoms with van der Waals surface area (Å²) in [6, 6.07) is 11.2. The average Bonchev–Trinajstić information content (AvgIpc) is 2.88. The third kappa shape index (κ3) is 6.77. The van der Waals surface area contributed by atoms with Crippen LogP contribution in [0.2, 0.25) is 0 Å². The number of hydrogen-bond donors (Lipinski definition) is 0. The molecular formula is C28H23F6N3O3. The lowest BCUT2D eigenvalue weighted by molar-refractivity contribution is -0.144. The lowest BCUT2D eigenvalue weighted by Gasteiger charge is -2.22. The first-order valence-electron chi connectivity index (χ1n) is 11.8. The zero-order valence-corrected chi connectivity index (χ0v) is 21.5. The largest absolute Gasteiger partial charge is 0.465 e. The summed E-state index contributed by atoms with van der Waals surface area (Å²) in [5.74, 6) is -2.99. The fraction of sp³-hybridized carbons (Fsp3) is 0.286. The Kier molecular flexibility index (Phi) is 8.87. The molecule has 0 spiro atoms. The van der Waals surface area contributed by atoms with Crippen molar-refractivity contribution < 1.29 is 40.7 Å². The van der Waals surface area contributed by atoms with Gasteiger partial charge in [0.25, 0.3) is 5.91 Å². The third-order valence-corrected chi connectivity index (χ3v) is 5.95. The number of halogens is 6. The van der Waals surface area contributed by atoms with Crippen LogP contribution in [0, 0.1) is 18.3 Å². The number of amides is 1. The minimum Gasteiger partial charge on any atom is -0.465 e. The van der Waals surface area contributed by atoms with Crippen LogP contribution >= 0.6 is 0 Å². The summed E-state index contributed by atoms with van der Waals surface area (Å²) in [5, 5.41) is 9.56. The van der Waals surface area contributed by atoms with Crippen molar-refractivity contribution in [3.05, 3.63) is 88.2 Å². The van der Waals surface area contributed by atoms with Gasteiger partial charge in [-0.15, -0.1) is 0 Å². The first-order chi connectivity index (χ1) is 18.7. The van der Waals surface area contributed by atoms with Crippen LogP contribution in [0.15, 0.2) is 54.7 Å². The number of alkyl halides is 6. The highest BCUT2D eigenvalue weighted by Gasteiger charge is 2.37. The van der Waals surface area contributed by atoms with Crippen molar-refractivity contribution in [2.24, 2.45) is 0 Å². The molecule has 0 aliphatic heterocycles. The smallest absolute Gasteiger partial charge is 0.416 e. The molecule has 2 aromatic carbocycles. The van der Waals surface area contributed by atoms with Crippen molar-refractivity contribution in [3.8, 4) is 17.2 Å². The zero-order chi connectivity index (χ0) is 29.8. The molecule has 12 heteroatoms. The van der Waals surface area contributed by atoms with E-state index in [1.165, 1.54) is 13.1 Å². The molecule has 1 unspecified atom stereocenters. The fourth-order valence-corrected chi connectivity index (χ4v) is 4.02. The summed E-state index contributed by atoms with van der Waals surface area (Å²) < 4.78 is 84.7. The third-order valence-electron chi connectivity index (χ3n) is 5.95. The quantitative estimate of drug-likeness (QED) is 0.241.